The summed E-state index contributed by atoms with van der Waals surface area (Å²) < 4.78 is 0. The summed E-state index contributed by atoms with van der Waals surface area (Å²) in [7, 11) is 0. The molecule has 1 rings (SSSR count). The Balaban J connectivity index is 2.77. The summed E-state index contributed by atoms with van der Waals surface area (Å²) in [5.74, 6) is 0.911. The second kappa shape index (κ2) is 3.46. The molecule has 54 valence electrons. The Morgan fingerprint density at radius 3 is 3.20 bits per heavy atom. The van der Waals surface area contributed by atoms with Gasteiger partial charge < -0.3 is 5.32 Å². The van der Waals surface area contributed by atoms with Crippen LogP contribution in [0.3, 0.4) is 0 Å². The second-order valence-electron chi connectivity index (χ2n) is 1.84. The van der Waals surface area contributed by atoms with Crippen molar-refractivity contribution >= 4 is 18.5 Å². The van der Waals surface area contributed by atoms with Crippen LogP contribution in [0.1, 0.15) is 6.92 Å². The number of hydrogen-bond acceptors (Lipinski definition) is 3. The Kier molecular flexibility index (Phi) is 2.57. The number of nitrogens with one attached hydrogen (secondary N) is 1. The monoisotopic (exact) mass is 154 g/mol. The fourth-order valence-corrected chi connectivity index (χ4v) is 1.51. The molecule has 0 unspecified atom stereocenters. The molecule has 0 saturated carbocycles. The minimum absolute atomic E-state index is 0.911. The molecule has 0 bridgehead atoms. The third-order valence-corrected chi connectivity index (χ3v) is 2.09. The molecule has 0 aromatic carbocycles. The van der Waals surface area contributed by atoms with Gasteiger partial charge in [-0.15, -0.1) is 0 Å². The van der Waals surface area contributed by atoms with E-state index in [-0.39, 0.29) is 0 Å². The van der Waals surface area contributed by atoms with Crippen LogP contribution < -0.4 is 5.32 Å². The van der Waals surface area contributed by atoms with E-state index in [0.717, 1.165) is 16.6 Å². The van der Waals surface area contributed by atoms with E-state index in [1.165, 1.54) is 0 Å². The normalized spacial score (nSPS) is 18.1. The Hall–Kier alpha value is -0.700. The van der Waals surface area contributed by atoms with Crippen molar-refractivity contribution in [2.24, 2.45) is 4.99 Å². The summed E-state index contributed by atoms with van der Waals surface area (Å²) in [6.07, 6.45) is 3.99. The summed E-state index contributed by atoms with van der Waals surface area (Å²) in [4.78, 5) is 3.87. The molecule has 0 saturated heterocycles. The molecule has 2 nitrogen and oxygen atoms in total. The first-order valence-electron chi connectivity index (χ1n) is 3.09. The standard InChI is InChI=1S/C7H10N2S/c1-3-4-6-7(8-2)10-5-9-6/h3-4,9H,2,5H2,1H3/b4-3-. The fraction of sp³-hybridized carbons (Fsp3) is 0.286. The maximum Gasteiger partial charge on any atom is 0.120 e. The minimum Gasteiger partial charge on any atom is -0.373 e. The van der Waals surface area contributed by atoms with E-state index in [9.17, 15) is 0 Å². The molecule has 0 radical (unpaired) electrons. The van der Waals surface area contributed by atoms with Gasteiger partial charge in [0.1, 0.15) is 5.03 Å². The van der Waals surface area contributed by atoms with Crippen molar-refractivity contribution in [3.63, 3.8) is 0 Å². The number of aliphatic imine (C=N–C) groups is 1. The average molecular weight is 154 g/mol. The molecule has 1 aliphatic heterocycles. The highest BCUT2D eigenvalue weighted by atomic mass is 32.2. The lowest BCUT2D eigenvalue weighted by Crippen LogP contribution is -2.03. The van der Waals surface area contributed by atoms with Crippen LogP contribution in [0.2, 0.25) is 0 Å². The van der Waals surface area contributed by atoms with Gasteiger partial charge in [0.2, 0.25) is 0 Å². The third-order valence-electron chi connectivity index (χ3n) is 1.18. The molecular weight excluding hydrogens is 144 g/mol. The molecule has 1 heterocycles. The highest BCUT2D eigenvalue weighted by Crippen LogP contribution is 2.25. The van der Waals surface area contributed by atoms with Gasteiger partial charge in [0, 0.05) is 0 Å². The Labute approximate surface area is 65.1 Å². The maximum absolute atomic E-state index is 3.87. The van der Waals surface area contributed by atoms with Gasteiger partial charge >= 0.3 is 0 Å². The maximum atomic E-state index is 3.87. The molecule has 0 aliphatic carbocycles. The zero-order valence-corrected chi connectivity index (χ0v) is 6.74. The molecule has 1 N–H and O–H groups in total. The zero-order chi connectivity index (χ0) is 7.40. The summed E-state index contributed by atoms with van der Waals surface area (Å²) in [6, 6.07) is 0. The van der Waals surface area contributed by atoms with Crippen molar-refractivity contribution in [3.05, 3.63) is 22.9 Å². The van der Waals surface area contributed by atoms with E-state index < -0.39 is 0 Å². The summed E-state index contributed by atoms with van der Waals surface area (Å²) in [5.41, 5.74) is 1.09. The van der Waals surface area contributed by atoms with Gasteiger partial charge in [-0.05, 0) is 19.7 Å². The van der Waals surface area contributed by atoms with E-state index in [0.29, 0.717) is 0 Å². The summed E-state index contributed by atoms with van der Waals surface area (Å²) in [6.45, 7) is 5.46. The van der Waals surface area contributed by atoms with Gasteiger partial charge in [-0.25, -0.2) is 0 Å². The van der Waals surface area contributed by atoms with Gasteiger partial charge in [0.15, 0.2) is 0 Å². The number of allylic oxidation sites excluding steroid dienone is 2. The van der Waals surface area contributed by atoms with E-state index in [2.05, 4.69) is 17.0 Å². The molecule has 0 atom stereocenters. The molecule has 0 aromatic heterocycles. The molecule has 10 heavy (non-hydrogen) atoms. The molecule has 0 fully saturated rings. The predicted octanol–water partition coefficient (Wildman–Crippen LogP) is 1.73. The molecule has 0 amide bonds. The smallest absolute Gasteiger partial charge is 0.120 e. The topological polar surface area (TPSA) is 24.4 Å². The summed E-state index contributed by atoms with van der Waals surface area (Å²) in [5, 5.41) is 4.18. The van der Waals surface area contributed by atoms with E-state index >= 15 is 0 Å². The van der Waals surface area contributed by atoms with Gasteiger partial charge in [-0.1, -0.05) is 17.8 Å². The Morgan fingerprint density at radius 1 is 1.80 bits per heavy atom. The Bertz CT molecular complexity index is 194. The lowest BCUT2D eigenvalue weighted by Gasteiger charge is -1.93. The van der Waals surface area contributed by atoms with E-state index in [1.54, 1.807) is 11.8 Å². The molecular formula is C7H10N2S. The number of thioether (sulfide) groups is 1. The number of rotatable bonds is 2. The SMILES string of the molecule is C=NC1=C(/C=C\C)NCS1. The number of nitrogens with zero attached hydrogens (tertiary/aromatic N) is 1. The first-order chi connectivity index (χ1) is 4.88. The van der Waals surface area contributed by atoms with Crippen LogP contribution in [0.4, 0.5) is 0 Å². The van der Waals surface area contributed by atoms with Crippen molar-refractivity contribution in [2.45, 2.75) is 6.92 Å². The molecule has 0 spiro atoms. The van der Waals surface area contributed by atoms with Gasteiger partial charge in [0.05, 0.1) is 11.6 Å². The van der Waals surface area contributed by atoms with Crippen molar-refractivity contribution in [2.75, 3.05) is 5.88 Å². The quantitative estimate of drug-likeness (QED) is 0.612. The third kappa shape index (κ3) is 1.42. The Morgan fingerprint density at radius 2 is 2.60 bits per heavy atom. The first-order valence-corrected chi connectivity index (χ1v) is 4.07. The van der Waals surface area contributed by atoms with Crippen LogP contribution in [0, 0.1) is 0 Å². The second-order valence-corrected chi connectivity index (χ2v) is 2.81. The predicted molar refractivity (Wildman–Crippen MR) is 47.0 cm³/mol. The number of hydrogen-bond donors (Lipinski definition) is 1. The van der Waals surface area contributed by atoms with Crippen LogP contribution in [0.5, 0.6) is 0 Å². The first kappa shape index (κ1) is 7.41. The van der Waals surface area contributed by atoms with Crippen LogP contribution in [0.25, 0.3) is 0 Å². The van der Waals surface area contributed by atoms with Crippen molar-refractivity contribution in [1.82, 2.24) is 5.32 Å². The van der Waals surface area contributed by atoms with Gasteiger partial charge in [-0.3, -0.25) is 4.99 Å². The lowest BCUT2D eigenvalue weighted by molar-refractivity contribution is 1.01. The van der Waals surface area contributed by atoms with Crippen LogP contribution in [0.15, 0.2) is 27.9 Å². The van der Waals surface area contributed by atoms with Gasteiger partial charge in [0.25, 0.3) is 0 Å². The zero-order valence-electron chi connectivity index (χ0n) is 5.92. The highest BCUT2D eigenvalue weighted by molar-refractivity contribution is 8.03. The van der Waals surface area contributed by atoms with Gasteiger partial charge in [-0.2, -0.15) is 0 Å². The highest BCUT2D eigenvalue weighted by Gasteiger charge is 2.08. The fourth-order valence-electron chi connectivity index (χ4n) is 0.763. The van der Waals surface area contributed by atoms with E-state index in [4.69, 9.17) is 0 Å². The minimum atomic E-state index is 0.911. The van der Waals surface area contributed by atoms with Crippen LogP contribution in [-0.4, -0.2) is 12.6 Å². The molecule has 0 aromatic rings. The van der Waals surface area contributed by atoms with Crippen LogP contribution >= 0.6 is 11.8 Å². The van der Waals surface area contributed by atoms with Crippen molar-refractivity contribution in [3.8, 4) is 0 Å². The van der Waals surface area contributed by atoms with E-state index in [1.807, 2.05) is 19.1 Å². The molecule has 1 aliphatic rings. The average Bonchev–Trinajstić information content (AvgIpc) is 2.36. The largest absolute Gasteiger partial charge is 0.373 e. The lowest BCUT2D eigenvalue weighted by atomic mass is 10.4. The van der Waals surface area contributed by atoms with Crippen LogP contribution in [-0.2, 0) is 0 Å². The van der Waals surface area contributed by atoms with Crippen molar-refractivity contribution < 1.29 is 0 Å². The molecule has 3 heteroatoms. The summed E-state index contributed by atoms with van der Waals surface area (Å²) >= 11 is 1.68. The van der Waals surface area contributed by atoms with Crippen molar-refractivity contribution in [1.29, 1.82) is 0 Å².